The highest BCUT2D eigenvalue weighted by Crippen LogP contribution is 2.37. The van der Waals surface area contributed by atoms with Gasteiger partial charge in [0.05, 0.1) is 17.5 Å². The van der Waals surface area contributed by atoms with Crippen molar-refractivity contribution in [1.82, 2.24) is 9.29 Å². The molecule has 0 aliphatic carbocycles. The minimum absolute atomic E-state index is 0.0709. The van der Waals surface area contributed by atoms with Crippen LogP contribution in [0.15, 0.2) is 70.2 Å². The summed E-state index contributed by atoms with van der Waals surface area (Å²) in [6.07, 6.45) is 2.13. The van der Waals surface area contributed by atoms with Crippen molar-refractivity contribution >= 4 is 45.9 Å². The summed E-state index contributed by atoms with van der Waals surface area (Å²) in [5.74, 6) is 0. The van der Waals surface area contributed by atoms with Gasteiger partial charge in [-0.1, -0.05) is 62.2 Å². The van der Waals surface area contributed by atoms with Crippen molar-refractivity contribution < 1.29 is 12.8 Å². The highest BCUT2D eigenvalue weighted by atomic mass is 79.9. The zero-order valence-corrected chi connectivity index (χ0v) is 26.0. The summed E-state index contributed by atoms with van der Waals surface area (Å²) in [6, 6.07) is 16.5. The van der Waals surface area contributed by atoms with Crippen LogP contribution in [0.5, 0.6) is 0 Å². The van der Waals surface area contributed by atoms with E-state index in [1.807, 2.05) is 49.4 Å². The van der Waals surface area contributed by atoms with Crippen molar-refractivity contribution in [2.75, 3.05) is 13.2 Å². The van der Waals surface area contributed by atoms with Gasteiger partial charge in [0.2, 0.25) is 0 Å². The maximum Gasteiger partial charge on any atom is 0.267 e. The molecule has 0 amide bonds. The van der Waals surface area contributed by atoms with Crippen molar-refractivity contribution in [3.8, 4) is 0 Å². The van der Waals surface area contributed by atoms with Gasteiger partial charge in [0.1, 0.15) is 0 Å². The summed E-state index contributed by atoms with van der Waals surface area (Å²) < 4.78 is 35.3. The molecule has 0 spiro atoms. The number of aromatic nitrogens is 1. The fraction of sp³-hybridized carbons (Fsp3) is 0.407. The number of hydrogen-bond donors (Lipinski definition) is 1. The first-order chi connectivity index (χ1) is 16.7. The minimum atomic E-state index is -3.70. The van der Waals surface area contributed by atoms with Crippen LogP contribution in [0.2, 0.25) is 23.2 Å². The summed E-state index contributed by atoms with van der Waals surface area (Å²) in [4.78, 5) is 0.269. The van der Waals surface area contributed by atoms with Crippen LogP contribution < -0.4 is 5.32 Å². The van der Waals surface area contributed by atoms with Gasteiger partial charge in [0.15, 0.2) is 8.32 Å². The van der Waals surface area contributed by atoms with Crippen LogP contribution in [0.3, 0.4) is 0 Å². The molecule has 196 valence electrons. The second-order valence-electron chi connectivity index (χ2n) is 10.6. The Bertz CT molecular complexity index is 1290. The van der Waals surface area contributed by atoms with E-state index in [2.05, 4.69) is 55.1 Å². The van der Waals surface area contributed by atoms with Gasteiger partial charge in [-0.3, -0.25) is 0 Å². The Morgan fingerprint density at radius 2 is 1.78 bits per heavy atom. The molecule has 5 nitrogen and oxygen atoms in total. The van der Waals surface area contributed by atoms with Gasteiger partial charge >= 0.3 is 0 Å². The first-order valence-electron chi connectivity index (χ1n) is 12.0. The summed E-state index contributed by atoms with van der Waals surface area (Å²) in [7, 11) is -5.65. The van der Waals surface area contributed by atoms with E-state index in [1.54, 1.807) is 18.3 Å². The van der Waals surface area contributed by atoms with Crippen LogP contribution in [0.4, 0.5) is 0 Å². The van der Waals surface area contributed by atoms with Crippen molar-refractivity contribution in [3.05, 3.63) is 87.1 Å². The van der Waals surface area contributed by atoms with E-state index in [4.69, 9.17) is 16.0 Å². The minimum Gasteiger partial charge on any atom is -0.415 e. The SMILES string of the molecule is Cc1ccc(S(=O)(=O)n2cc(Br)cc2CCNC(CO[Si](C)(C)C(C)(C)C)c2cccc(Cl)c2)cc1. The van der Waals surface area contributed by atoms with Crippen LogP contribution in [0, 0.1) is 6.92 Å². The summed E-state index contributed by atoms with van der Waals surface area (Å²) in [6.45, 7) is 14.2. The quantitative estimate of drug-likeness (QED) is 0.244. The third-order valence-electron chi connectivity index (χ3n) is 6.85. The number of nitrogens with zero attached hydrogens (tertiary/aromatic N) is 1. The second kappa shape index (κ2) is 11.5. The Labute approximate surface area is 230 Å². The summed E-state index contributed by atoms with van der Waals surface area (Å²) in [5.41, 5.74) is 2.76. The van der Waals surface area contributed by atoms with Gasteiger partial charge in [0, 0.05) is 34.4 Å². The van der Waals surface area contributed by atoms with E-state index in [-0.39, 0.29) is 16.0 Å². The molecule has 1 atom stereocenters. The fourth-order valence-corrected chi connectivity index (χ4v) is 6.80. The van der Waals surface area contributed by atoms with E-state index in [9.17, 15) is 8.42 Å². The largest absolute Gasteiger partial charge is 0.415 e. The van der Waals surface area contributed by atoms with Crippen LogP contribution in [0.25, 0.3) is 0 Å². The van der Waals surface area contributed by atoms with Gasteiger partial charge in [-0.15, -0.1) is 0 Å². The fourth-order valence-electron chi connectivity index (χ4n) is 3.56. The monoisotopic (exact) mass is 610 g/mol. The first kappa shape index (κ1) is 29.1. The van der Waals surface area contributed by atoms with Crippen molar-refractivity contribution in [3.63, 3.8) is 0 Å². The van der Waals surface area contributed by atoms with E-state index in [1.165, 1.54) is 3.97 Å². The molecule has 0 saturated heterocycles. The smallest absolute Gasteiger partial charge is 0.267 e. The Balaban J connectivity index is 1.79. The van der Waals surface area contributed by atoms with Gasteiger partial charge < -0.3 is 9.74 Å². The molecule has 2 aromatic carbocycles. The van der Waals surface area contributed by atoms with E-state index < -0.39 is 18.3 Å². The maximum absolute atomic E-state index is 13.3. The highest BCUT2D eigenvalue weighted by Gasteiger charge is 2.37. The van der Waals surface area contributed by atoms with Crippen molar-refractivity contribution in [1.29, 1.82) is 0 Å². The second-order valence-corrected chi connectivity index (χ2v) is 18.6. The lowest BCUT2D eigenvalue weighted by atomic mass is 10.1. The van der Waals surface area contributed by atoms with Gasteiger partial charge in [-0.2, -0.15) is 0 Å². The number of hydrogen-bond acceptors (Lipinski definition) is 4. The standard InChI is InChI=1S/C27H36BrClN2O3SSi/c1-20-10-12-25(13-11-20)35(32,33)31-18-22(28)17-24(31)14-15-30-26(21-8-7-9-23(29)16-21)19-34-36(5,6)27(2,3)4/h7-13,16-18,26,30H,14-15,19H2,1-6H3. The van der Waals surface area contributed by atoms with E-state index in [0.29, 0.717) is 30.3 Å². The van der Waals surface area contributed by atoms with Crippen molar-refractivity contribution in [2.24, 2.45) is 0 Å². The number of nitrogens with one attached hydrogen (secondary N) is 1. The average molecular weight is 612 g/mol. The number of rotatable bonds is 10. The molecule has 0 radical (unpaired) electrons. The Morgan fingerprint density at radius 1 is 1.11 bits per heavy atom. The van der Waals surface area contributed by atoms with Crippen LogP contribution in [0.1, 0.15) is 43.6 Å². The molecule has 1 heterocycles. The molecule has 3 rings (SSSR count). The molecular weight excluding hydrogens is 576 g/mol. The average Bonchev–Trinajstić information content (AvgIpc) is 3.17. The number of aryl methyl sites for hydroxylation is 1. The van der Waals surface area contributed by atoms with Crippen molar-refractivity contribution in [2.45, 2.75) is 63.2 Å². The molecule has 0 aliphatic heterocycles. The lowest BCUT2D eigenvalue weighted by Crippen LogP contribution is -2.43. The lowest BCUT2D eigenvalue weighted by Gasteiger charge is -2.37. The third kappa shape index (κ3) is 7.11. The van der Waals surface area contributed by atoms with Gasteiger partial charge in [-0.25, -0.2) is 12.4 Å². The molecule has 1 N–H and O–H groups in total. The molecule has 36 heavy (non-hydrogen) atoms. The lowest BCUT2D eigenvalue weighted by molar-refractivity contribution is 0.244. The molecule has 0 aliphatic rings. The van der Waals surface area contributed by atoms with Crippen LogP contribution in [-0.2, 0) is 20.9 Å². The molecule has 1 aromatic heterocycles. The third-order valence-corrected chi connectivity index (χ3v) is 13.7. The Morgan fingerprint density at radius 3 is 2.39 bits per heavy atom. The zero-order valence-electron chi connectivity index (χ0n) is 21.8. The summed E-state index contributed by atoms with van der Waals surface area (Å²) >= 11 is 9.74. The molecule has 0 bridgehead atoms. The van der Waals surface area contributed by atoms with E-state index >= 15 is 0 Å². The first-order valence-corrected chi connectivity index (χ1v) is 17.5. The maximum atomic E-state index is 13.3. The predicted octanol–water partition coefficient (Wildman–Crippen LogP) is 7.34. The summed E-state index contributed by atoms with van der Waals surface area (Å²) in [5, 5.41) is 4.36. The van der Waals surface area contributed by atoms with Gasteiger partial charge in [0.25, 0.3) is 10.0 Å². The van der Waals surface area contributed by atoms with Gasteiger partial charge in [-0.05, 0) is 76.9 Å². The Hall–Kier alpha value is -1.42. The van der Waals surface area contributed by atoms with Crippen LogP contribution >= 0.6 is 27.5 Å². The highest BCUT2D eigenvalue weighted by molar-refractivity contribution is 9.10. The molecule has 0 fully saturated rings. The normalized spacial score (nSPS) is 13.7. The predicted molar refractivity (Wildman–Crippen MR) is 155 cm³/mol. The van der Waals surface area contributed by atoms with Crippen LogP contribution in [-0.4, -0.2) is 33.9 Å². The molecular formula is C27H36BrClN2O3SSi. The Kier molecular flexibility index (Phi) is 9.34. The molecule has 3 aromatic rings. The molecule has 0 saturated carbocycles. The van der Waals surface area contributed by atoms with E-state index in [0.717, 1.165) is 15.6 Å². The number of halogens is 2. The molecule has 1 unspecified atom stereocenters. The zero-order chi connectivity index (χ0) is 26.7. The number of benzene rings is 2. The molecule has 9 heteroatoms. The topological polar surface area (TPSA) is 60.3 Å².